The van der Waals surface area contributed by atoms with Crippen molar-refractivity contribution in [2.75, 3.05) is 13.1 Å². The maximum Gasteiger partial charge on any atom is 0.315 e. The molecule has 15 heavy (non-hydrogen) atoms. The normalized spacial score (nSPS) is 17.2. The van der Waals surface area contributed by atoms with Crippen molar-refractivity contribution in [2.24, 2.45) is 11.7 Å². The Morgan fingerprint density at radius 3 is 2.73 bits per heavy atom. The number of urea groups is 1. The molecule has 1 atom stereocenters. The van der Waals surface area contributed by atoms with Gasteiger partial charge in [-0.1, -0.05) is 13.3 Å². The molecule has 0 aromatic rings. The molecule has 2 amide bonds. The zero-order valence-electron chi connectivity index (χ0n) is 9.59. The molecule has 4 nitrogen and oxygen atoms in total. The number of hydrogen-bond acceptors (Lipinski definition) is 2. The van der Waals surface area contributed by atoms with Crippen LogP contribution < -0.4 is 16.4 Å². The van der Waals surface area contributed by atoms with Gasteiger partial charge in [0.2, 0.25) is 0 Å². The highest BCUT2D eigenvalue weighted by atomic mass is 16.2. The van der Waals surface area contributed by atoms with E-state index in [2.05, 4.69) is 17.6 Å². The molecule has 1 unspecified atom stereocenters. The van der Waals surface area contributed by atoms with Crippen molar-refractivity contribution in [3.63, 3.8) is 0 Å². The van der Waals surface area contributed by atoms with Crippen molar-refractivity contribution >= 4 is 6.03 Å². The molecule has 0 spiro atoms. The summed E-state index contributed by atoms with van der Waals surface area (Å²) < 4.78 is 0. The van der Waals surface area contributed by atoms with Crippen LogP contribution in [-0.4, -0.2) is 25.2 Å². The van der Waals surface area contributed by atoms with Gasteiger partial charge < -0.3 is 16.4 Å². The lowest BCUT2D eigenvalue weighted by Gasteiger charge is -2.16. The van der Waals surface area contributed by atoms with Crippen LogP contribution in [0.15, 0.2) is 0 Å². The largest absolute Gasteiger partial charge is 0.338 e. The summed E-state index contributed by atoms with van der Waals surface area (Å²) in [6.45, 7) is 3.62. The molecular weight excluding hydrogens is 190 g/mol. The Bertz CT molecular complexity index is 186. The third-order valence-corrected chi connectivity index (χ3v) is 2.74. The quantitative estimate of drug-likeness (QED) is 0.595. The van der Waals surface area contributed by atoms with Crippen molar-refractivity contribution in [1.29, 1.82) is 0 Å². The molecule has 0 radical (unpaired) electrons. The number of hydrogen-bond donors (Lipinski definition) is 3. The average Bonchev–Trinajstić information content (AvgIpc) is 2.99. The van der Waals surface area contributed by atoms with E-state index < -0.39 is 0 Å². The molecule has 4 heteroatoms. The van der Waals surface area contributed by atoms with Crippen LogP contribution in [0.1, 0.15) is 39.0 Å². The van der Waals surface area contributed by atoms with Gasteiger partial charge in [0.15, 0.2) is 0 Å². The predicted octanol–water partition coefficient (Wildman–Crippen LogP) is 1.21. The Morgan fingerprint density at radius 2 is 2.20 bits per heavy atom. The molecule has 4 N–H and O–H groups in total. The predicted molar refractivity (Wildman–Crippen MR) is 61.6 cm³/mol. The Kier molecular flexibility index (Phi) is 5.47. The summed E-state index contributed by atoms with van der Waals surface area (Å²) in [6, 6.07) is 0.416. The summed E-state index contributed by atoms with van der Waals surface area (Å²) >= 11 is 0. The summed E-state index contributed by atoms with van der Waals surface area (Å²) in [7, 11) is 0. The first kappa shape index (κ1) is 12.3. The molecule has 0 saturated heterocycles. The van der Waals surface area contributed by atoms with E-state index in [0.717, 1.165) is 38.6 Å². The molecular formula is C11H23N3O. The van der Waals surface area contributed by atoms with Crippen molar-refractivity contribution < 1.29 is 4.79 Å². The Labute approximate surface area is 92.0 Å². The first-order valence-corrected chi connectivity index (χ1v) is 6.00. The van der Waals surface area contributed by atoms with Crippen LogP contribution in [0, 0.1) is 5.92 Å². The standard InChI is InChI=1S/C11H23N3O/c1-2-3-9(6-7-12)8-13-11(15)14-10-4-5-10/h9-10H,2-8,12H2,1H3,(H2,13,14,15). The monoisotopic (exact) mass is 213 g/mol. The number of carbonyl (C=O) groups excluding carboxylic acids is 1. The highest BCUT2D eigenvalue weighted by molar-refractivity contribution is 5.74. The lowest BCUT2D eigenvalue weighted by molar-refractivity contribution is 0.237. The number of carbonyl (C=O) groups is 1. The number of nitrogens with two attached hydrogens (primary N) is 1. The fourth-order valence-electron chi connectivity index (χ4n) is 1.69. The lowest BCUT2D eigenvalue weighted by Crippen LogP contribution is -2.39. The van der Waals surface area contributed by atoms with Crippen molar-refractivity contribution in [3.05, 3.63) is 0 Å². The molecule has 0 heterocycles. The first-order chi connectivity index (χ1) is 7.26. The molecule has 1 aliphatic carbocycles. The average molecular weight is 213 g/mol. The van der Waals surface area contributed by atoms with Gasteiger partial charge in [-0.25, -0.2) is 4.79 Å². The van der Waals surface area contributed by atoms with Gasteiger partial charge in [-0.3, -0.25) is 0 Å². The maximum atomic E-state index is 11.4. The molecule has 1 rings (SSSR count). The Morgan fingerprint density at radius 1 is 1.47 bits per heavy atom. The fraction of sp³-hybridized carbons (Fsp3) is 0.909. The molecule has 1 saturated carbocycles. The van der Waals surface area contributed by atoms with Crippen LogP contribution in [0.5, 0.6) is 0 Å². The third kappa shape index (κ3) is 5.62. The van der Waals surface area contributed by atoms with E-state index in [9.17, 15) is 4.79 Å². The van der Waals surface area contributed by atoms with Gasteiger partial charge in [0.05, 0.1) is 0 Å². The van der Waals surface area contributed by atoms with Crippen LogP contribution in [0.25, 0.3) is 0 Å². The van der Waals surface area contributed by atoms with Crippen molar-refractivity contribution in [3.8, 4) is 0 Å². The zero-order valence-corrected chi connectivity index (χ0v) is 9.59. The van der Waals surface area contributed by atoms with E-state index in [4.69, 9.17) is 5.73 Å². The maximum absolute atomic E-state index is 11.4. The van der Waals surface area contributed by atoms with Crippen LogP contribution >= 0.6 is 0 Å². The Hall–Kier alpha value is -0.770. The summed E-state index contributed by atoms with van der Waals surface area (Å²) in [5.74, 6) is 0.532. The lowest BCUT2D eigenvalue weighted by atomic mass is 10.00. The molecule has 0 aromatic heterocycles. The second-order valence-corrected chi connectivity index (χ2v) is 4.36. The Balaban J connectivity index is 2.10. The second kappa shape index (κ2) is 6.67. The zero-order chi connectivity index (χ0) is 11.1. The van der Waals surface area contributed by atoms with Gasteiger partial charge in [0.25, 0.3) is 0 Å². The van der Waals surface area contributed by atoms with Crippen molar-refractivity contribution in [1.82, 2.24) is 10.6 Å². The highest BCUT2D eigenvalue weighted by Gasteiger charge is 2.23. The van der Waals surface area contributed by atoms with Gasteiger partial charge >= 0.3 is 6.03 Å². The molecule has 88 valence electrons. The van der Waals surface area contributed by atoms with Gasteiger partial charge in [0, 0.05) is 12.6 Å². The van der Waals surface area contributed by atoms with E-state index in [-0.39, 0.29) is 6.03 Å². The first-order valence-electron chi connectivity index (χ1n) is 6.00. The molecule has 0 aromatic carbocycles. The van der Waals surface area contributed by atoms with E-state index in [0.29, 0.717) is 18.5 Å². The summed E-state index contributed by atoms with van der Waals surface area (Å²) in [5.41, 5.74) is 5.53. The third-order valence-electron chi connectivity index (χ3n) is 2.74. The van der Waals surface area contributed by atoms with Crippen LogP contribution in [0.3, 0.4) is 0 Å². The summed E-state index contributed by atoms with van der Waals surface area (Å²) in [5, 5.41) is 5.83. The van der Waals surface area contributed by atoms with E-state index in [1.807, 2.05) is 0 Å². The summed E-state index contributed by atoms with van der Waals surface area (Å²) in [4.78, 5) is 11.4. The van der Waals surface area contributed by atoms with Crippen molar-refractivity contribution in [2.45, 2.75) is 45.1 Å². The topological polar surface area (TPSA) is 67.1 Å². The van der Waals surface area contributed by atoms with Crippen LogP contribution in [0.2, 0.25) is 0 Å². The van der Waals surface area contributed by atoms with Crippen LogP contribution in [0.4, 0.5) is 4.79 Å². The minimum atomic E-state index is -0.0179. The number of amides is 2. The van der Waals surface area contributed by atoms with E-state index in [1.54, 1.807) is 0 Å². The molecule has 0 bridgehead atoms. The van der Waals surface area contributed by atoms with Gasteiger partial charge in [-0.15, -0.1) is 0 Å². The minimum absolute atomic E-state index is 0.0179. The minimum Gasteiger partial charge on any atom is -0.338 e. The second-order valence-electron chi connectivity index (χ2n) is 4.36. The number of rotatable bonds is 7. The van der Waals surface area contributed by atoms with Gasteiger partial charge in [-0.2, -0.15) is 0 Å². The van der Waals surface area contributed by atoms with Gasteiger partial charge in [0.1, 0.15) is 0 Å². The molecule has 1 aliphatic rings. The van der Waals surface area contributed by atoms with Crippen LogP contribution in [-0.2, 0) is 0 Å². The van der Waals surface area contributed by atoms with E-state index >= 15 is 0 Å². The van der Waals surface area contributed by atoms with Gasteiger partial charge in [-0.05, 0) is 38.1 Å². The fourth-order valence-corrected chi connectivity index (χ4v) is 1.69. The van der Waals surface area contributed by atoms with E-state index in [1.165, 1.54) is 0 Å². The number of nitrogens with one attached hydrogen (secondary N) is 2. The molecule has 0 aliphatic heterocycles. The smallest absolute Gasteiger partial charge is 0.315 e. The molecule has 1 fully saturated rings. The SMILES string of the molecule is CCCC(CCN)CNC(=O)NC1CC1. The summed E-state index contributed by atoms with van der Waals surface area (Å²) in [6.07, 6.45) is 5.55. The highest BCUT2D eigenvalue weighted by Crippen LogP contribution is 2.18.